The van der Waals surface area contributed by atoms with E-state index >= 15 is 0 Å². The van der Waals surface area contributed by atoms with Gasteiger partial charge in [-0.25, -0.2) is 4.79 Å². The summed E-state index contributed by atoms with van der Waals surface area (Å²) in [6.45, 7) is 1.08. The highest BCUT2D eigenvalue weighted by Crippen LogP contribution is 2.40. The molecule has 0 fully saturated rings. The number of Topliss-reactive ketones (excluding diaryl/α,β-unsaturated/α-hetero) is 1. The third-order valence-corrected chi connectivity index (χ3v) is 2.77. The summed E-state index contributed by atoms with van der Waals surface area (Å²) in [5.74, 6) is -6.34. The van der Waals surface area contributed by atoms with Crippen LogP contribution in [0.5, 0.6) is 0 Å². The Morgan fingerprint density at radius 1 is 1.33 bits per heavy atom. The number of esters is 1. The van der Waals surface area contributed by atoms with Crippen LogP contribution in [0.1, 0.15) is 17.3 Å². The van der Waals surface area contributed by atoms with Crippen molar-refractivity contribution in [3.63, 3.8) is 0 Å². The summed E-state index contributed by atoms with van der Waals surface area (Å²) in [5, 5.41) is 0. The van der Waals surface area contributed by atoms with Crippen molar-refractivity contribution in [2.75, 3.05) is 12.0 Å². The van der Waals surface area contributed by atoms with Crippen LogP contribution in [-0.4, -0.2) is 30.6 Å². The van der Waals surface area contributed by atoms with Crippen LogP contribution >= 0.6 is 0 Å². The lowest BCUT2D eigenvalue weighted by atomic mass is 10.1. The van der Waals surface area contributed by atoms with Crippen LogP contribution in [0.3, 0.4) is 0 Å². The van der Waals surface area contributed by atoms with Gasteiger partial charge in [-0.05, 0) is 12.1 Å². The number of para-hydroxylation sites is 1. The van der Waals surface area contributed by atoms with Crippen molar-refractivity contribution in [2.24, 2.45) is 0 Å². The van der Waals surface area contributed by atoms with Crippen LogP contribution in [0.15, 0.2) is 24.3 Å². The normalized spacial score (nSPS) is 21.7. The zero-order valence-corrected chi connectivity index (χ0v) is 9.77. The fourth-order valence-electron chi connectivity index (χ4n) is 2.01. The van der Waals surface area contributed by atoms with E-state index in [1.165, 1.54) is 18.2 Å². The molecule has 1 aromatic carbocycles. The molecule has 0 N–H and O–H groups in total. The molecule has 0 aromatic heterocycles. The molecule has 0 saturated carbocycles. The van der Waals surface area contributed by atoms with Crippen LogP contribution in [0.4, 0.5) is 10.1 Å². The lowest BCUT2D eigenvalue weighted by Gasteiger charge is -2.26. The Balaban J connectivity index is 2.68. The van der Waals surface area contributed by atoms with Gasteiger partial charge in [0.05, 0.1) is 12.8 Å². The molecule has 0 bridgehead atoms. The number of halogens is 1. The van der Waals surface area contributed by atoms with Crippen LogP contribution in [0.25, 0.3) is 0 Å². The fourth-order valence-corrected chi connectivity index (χ4v) is 2.01. The molecular weight excluding hydrogens is 241 g/mol. The van der Waals surface area contributed by atoms with Gasteiger partial charge in [-0.1, -0.05) is 12.1 Å². The van der Waals surface area contributed by atoms with E-state index in [1.807, 2.05) is 0 Å². The number of carbonyl (C=O) groups is 3. The Kier molecular flexibility index (Phi) is 2.65. The Bertz CT molecular complexity index is 557. The second-order valence-corrected chi connectivity index (χ2v) is 3.81. The topological polar surface area (TPSA) is 63.7 Å². The number of hydrogen-bond donors (Lipinski definition) is 0. The van der Waals surface area contributed by atoms with Gasteiger partial charge in [0.25, 0.3) is 0 Å². The smallest absolute Gasteiger partial charge is 0.374 e. The van der Waals surface area contributed by atoms with Crippen LogP contribution < -0.4 is 4.90 Å². The summed E-state index contributed by atoms with van der Waals surface area (Å²) < 4.78 is 19.0. The number of fused-ring (bicyclic) bond motifs is 1. The Morgan fingerprint density at radius 3 is 2.50 bits per heavy atom. The number of methoxy groups -OCH3 is 1. The van der Waals surface area contributed by atoms with Gasteiger partial charge < -0.3 is 4.74 Å². The van der Waals surface area contributed by atoms with Gasteiger partial charge in [0, 0.05) is 12.5 Å². The Morgan fingerprint density at radius 2 is 1.94 bits per heavy atom. The number of alkyl halides is 1. The van der Waals surface area contributed by atoms with Crippen LogP contribution in [-0.2, 0) is 14.3 Å². The highest BCUT2D eigenvalue weighted by Gasteiger charge is 2.60. The average Bonchev–Trinajstić information content (AvgIpc) is 2.59. The second kappa shape index (κ2) is 3.90. The number of nitrogens with zero attached hydrogens (tertiary/aromatic N) is 1. The van der Waals surface area contributed by atoms with E-state index in [0.29, 0.717) is 4.90 Å². The van der Waals surface area contributed by atoms with Gasteiger partial charge in [0.2, 0.25) is 11.7 Å². The van der Waals surface area contributed by atoms with Crippen molar-refractivity contribution < 1.29 is 23.5 Å². The molecule has 0 unspecified atom stereocenters. The lowest BCUT2D eigenvalue weighted by Crippen LogP contribution is -2.55. The van der Waals surface area contributed by atoms with Crippen molar-refractivity contribution in [3.8, 4) is 0 Å². The van der Waals surface area contributed by atoms with Gasteiger partial charge in [-0.2, -0.15) is 4.39 Å². The minimum Gasteiger partial charge on any atom is -0.465 e. The number of ether oxygens (including phenoxy) is 1. The molecule has 5 nitrogen and oxygen atoms in total. The first-order chi connectivity index (χ1) is 8.44. The summed E-state index contributed by atoms with van der Waals surface area (Å²) in [5.41, 5.74) is 0.0588. The number of carbonyl (C=O) groups excluding carboxylic acids is 3. The van der Waals surface area contributed by atoms with Crippen molar-refractivity contribution >= 4 is 23.3 Å². The van der Waals surface area contributed by atoms with E-state index in [4.69, 9.17) is 0 Å². The number of ketones is 1. The second-order valence-electron chi connectivity index (χ2n) is 3.81. The molecule has 0 aliphatic carbocycles. The highest BCUT2D eigenvalue weighted by atomic mass is 19.1. The molecular formula is C12H10FNO4. The van der Waals surface area contributed by atoms with Gasteiger partial charge in [0.15, 0.2) is 0 Å². The quantitative estimate of drug-likeness (QED) is 0.425. The fraction of sp³-hybridized carbons (Fsp3) is 0.250. The number of rotatable bonds is 1. The zero-order valence-electron chi connectivity index (χ0n) is 9.77. The maximum Gasteiger partial charge on any atom is 0.374 e. The Hall–Kier alpha value is -2.24. The molecule has 1 aromatic rings. The summed E-state index contributed by atoms with van der Waals surface area (Å²) in [4.78, 5) is 35.5. The maximum absolute atomic E-state index is 14.7. The predicted molar refractivity (Wildman–Crippen MR) is 59.8 cm³/mol. The third-order valence-electron chi connectivity index (χ3n) is 2.77. The van der Waals surface area contributed by atoms with E-state index in [9.17, 15) is 18.8 Å². The number of hydrogen-bond acceptors (Lipinski definition) is 4. The van der Waals surface area contributed by atoms with Gasteiger partial charge in [-0.15, -0.1) is 0 Å². The first-order valence-corrected chi connectivity index (χ1v) is 5.16. The molecule has 18 heavy (non-hydrogen) atoms. The lowest BCUT2D eigenvalue weighted by molar-refractivity contribution is -0.152. The summed E-state index contributed by atoms with van der Waals surface area (Å²) in [6, 6.07) is 5.83. The molecule has 0 spiro atoms. The van der Waals surface area contributed by atoms with Crippen LogP contribution in [0.2, 0.25) is 0 Å². The van der Waals surface area contributed by atoms with E-state index in [1.54, 1.807) is 6.07 Å². The van der Waals surface area contributed by atoms with E-state index in [-0.39, 0.29) is 11.3 Å². The Labute approximate surface area is 102 Å². The molecule has 6 heteroatoms. The van der Waals surface area contributed by atoms with Crippen molar-refractivity contribution in [1.29, 1.82) is 0 Å². The number of anilines is 1. The first-order valence-electron chi connectivity index (χ1n) is 5.16. The van der Waals surface area contributed by atoms with Crippen molar-refractivity contribution in [2.45, 2.75) is 12.7 Å². The highest BCUT2D eigenvalue weighted by molar-refractivity contribution is 6.28. The predicted octanol–water partition coefficient (Wildman–Crippen LogP) is 1.07. The summed E-state index contributed by atoms with van der Waals surface area (Å²) in [6.07, 6.45) is 0. The van der Waals surface area contributed by atoms with Gasteiger partial charge >= 0.3 is 11.8 Å². The number of benzene rings is 1. The summed E-state index contributed by atoms with van der Waals surface area (Å²) in [7, 11) is 0.957. The minimum absolute atomic E-state index is 0.0133. The number of amides is 1. The molecule has 1 aliphatic heterocycles. The maximum atomic E-state index is 14.7. The van der Waals surface area contributed by atoms with Crippen molar-refractivity contribution in [1.82, 2.24) is 0 Å². The molecule has 1 atom stereocenters. The van der Waals surface area contributed by atoms with E-state index in [2.05, 4.69) is 4.74 Å². The van der Waals surface area contributed by atoms with Gasteiger partial charge in [-0.3, -0.25) is 14.5 Å². The molecule has 2 rings (SSSR count). The molecule has 1 amide bonds. The zero-order chi connectivity index (χ0) is 13.5. The van der Waals surface area contributed by atoms with Gasteiger partial charge in [0.1, 0.15) is 0 Å². The SMILES string of the molecule is COC(=O)[C@@]1(F)C(=O)c2ccccc2N1C(C)=O. The molecule has 0 radical (unpaired) electrons. The van der Waals surface area contributed by atoms with E-state index < -0.39 is 23.5 Å². The standard InChI is InChI=1S/C12H10FNO4/c1-7(15)14-9-6-4-3-5-8(9)10(16)12(14,13)11(17)18-2/h3-6H,1-2H3/t12-/m1/s1. The molecule has 0 saturated heterocycles. The van der Waals surface area contributed by atoms with E-state index in [0.717, 1.165) is 14.0 Å². The average molecular weight is 251 g/mol. The minimum atomic E-state index is -3.11. The molecule has 1 aliphatic rings. The van der Waals surface area contributed by atoms with Crippen LogP contribution in [0, 0.1) is 0 Å². The summed E-state index contributed by atoms with van der Waals surface area (Å²) >= 11 is 0. The van der Waals surface area contributed by atoms with Crippen molar-refractivity contribution in [3.05, 3.63) is 29.8 Å². The third kappa shape index (κ3) is 1.35. The largest absolute Gasteiger partial charge is 0.465 e. The first kappa shape index (κ1) is 12.2. The molecule has 94 valence electrons. The monoisotopic (exact) mass is 251 g/mol. The molecule has 1 heterocycles.